The molecule has 0 amide bonds. The Morgan fingerprint density at radius 1 is 1.12 bits per heavy atom. The number of nitro groups is 1. The number of hydrogen-bond acceptors (Lipinski definition) is 7. The first-order valence-electron chi connectivity index (χ1n) is 7.43. The van der Waals surface area contributed by atoms with Crippen molar-refractivity contribution < 1.29 is 23.7 Å². The van der Waals surface area contributed by atoms with Crippen molar-refractivity contribution in [1.82, 2.24) is 0 Å². The number of nitrogens with zero attached hydrogens (tertiary/aromatic N) is 1. The van der Waals surface area contributed by atoms with Crippen molar-refractivity contribution in [2.24, 2.45) is 0 Å². The van der Waals surface area contributed by atoms with Gasteiger partial charge in [-0.15, -0.1) is 0 Å². The van der Waals surface area contributed by atoms with E-state index in [-0.39, 0.29) is 22.6 Å². The van der Waals surface area contributed by atoms with Gasteiger partial charge in [-0.3, -0.25) is 10.1 Å². The van der Waals surface area contributed by atoms with Crippen molar-refractivity contribution in [3.05, 3.63) is 68.6 Å². The molecule has 0 fully saturated rings. The van der Waals surface area contributed by atoms with E-state index in [1.807, 2.05) is 0 Å². The van der Waals surface area contributed by atoms with Crippen LogP contribution in [0.4, 0.5) is 5.69 Å². The second kappa shape index (κ2) is 5.08. The highest BCUT2D eigenvalue weighted by atomic mass is 16.7. The van der Waals surface area contributed by atoms with Crippen molar-refractivity contribution in [2.75, 3.05) is 0 Å². The summed E-state index contributed by atoms with van der Waals surface area (Å²) in [7, 11) is 0. The molecule has 1 aliphatic heterocycles. The van der Waals surface area contributed by atoms with Gasteiger partial charge in [0.05, 0.1) is 4.92 Å². The average Bonchev–Trinajstić information content (AvgIpc) is 2.89. The van der Waals surface area contributed by atoms with Crippen LogP contribution in [-0.2, 0) is 0 Å². The predicted molar refractivity (Wildman–Crippen MR) is 89.2 cm³/mol. The summed E-state index contributed by atoms with van der Waals surface area (Å²) < 4.78 is 16.2. The molecule has 0 radical (unpaired) electrons. The monoisotopic (exact) mass is 340 g/mol. The van der Waals surface area contributed by atoms with E-state index in [9.17, 15) is 19.9 Å². The summed E-state index contributed by atoms with van der Waals surface area (Å²) >= 11 is 0. The molecule has 3 aromatic rings. The minimum Gasteiger partial charge on any atom is -0.654 e. The van der Waals surface area contributed by atoms with Gasteiger partial charge in [0.1, 0.15) is 17.1 Å². The lowest BCUT2D eigenvalue weighted by atomic mass is 9.70. The third kappa shape index (κ3) is 2.41. The molecule has 1 N–H and O–H groups in total. The zero-order chi connectivity index (χ0) is 17.8. The van der Waals surface area contributed by atoms with Gasteiger partial charge >= 0.3 is 12.4 Å². The van der Waals surface area contributed by atoms with E-state index >= 15 is 0 Å². The van der Waals surface area contributed by atoms with E-state index in [0.29, 0.717) is 16.5 Å². The van der Waals surface area contributed by atoms with Crippen molar-refractivity contribution in [1.29, 1.82) is 0 Å². The van der Waals surface area contributed by atoms with Gasteiger partial charge in [0.2, 0.25) is 0 Å². The van der Waals surface area contributed by atoms with Gasteiger partial charge in [-0.2, -0.15) is 0 Å². The lowest BCUT2D eigenvalue weighted by Crippen LogP contribution is -2.57. The van der Waals surface area contributed by atoms with Gasteiger partial charge in [-0.1, -0.05) is 17.6 Å². The van der Waals surface area contributed by atoms with Crippen LogP contribution in [0.15, 0.2) is 51.7 Å². The summed E-state index contributed by atoms with van der Waals surface area (Å²) in [5.41, 5.74) is 0.432. The Balaban J connectivity index is 1.81. The maximum Gasteiger partial charge on any atom is 0.521 e. The van der Waals surface area contributed by atoms with Gasteiger partial charge in [0, 0.05) is 23.6 Å². The van der Waals surface area contributed by atoms with Gasteiger partial charge < -0.3 is 18.7 Å². The Hall–Kier alpha value is -3.33. The minimum atomic E-state index is -2.97. The third-order valence-electron chi connectivity index (χ3n) is 4.09. The van der Waals surface area contributed by atoms with Crippen LogP contribution in [0.1, 0.15) is 5.56 Å². The molecule has 1 aromatic heterocycles. The fourth-order valence-electron chi connectivity index (χ4n) is 2.88. The van der Waals surface area contributed by atoms with Crippen molar-refractivity contribution >= 4 is 28.9 Å². The molecule has 2 aromatic carbocycles. The van der Waals surface area contributed by atoms with Crippen LogP contribution in [0.3, 0.4) is 0 Å². The molecule has 126 valence electrons. The SMILES string of the molecule is Cc1cc(=O)oc2cc3c(cc12)O[B-](O)(c1cccc([N+](=O)[O-])c1)O3. The van der Waals surface area contributed by atoms with E-state index in [1.54, 1.807) is 13.0 Å². The molecule has 8 nitrogen and oxygen atoms in total. The number of non-ortho nitro benzene ring substituents is 1. The van der Waals surface area contributed by atoms with Gasteiger partial charge in [-0.05, 0) is 24.6 Å². The highest BCUT2D eigenvalue weighted by Gasteiger charge is 2.39. The molecule has 1 atom stereocenters. The van der Waals surface area contributed by atoms with Gasteiger partial charge in [-0.25, -0.2) is 4.79 Å². The molecule has 25 heavy (non-hydrogen) atoms. The van der Waals surface area contributed by atoms with E-state index < -0.39 is 17.3 Å². The molecule has 2 heterocycles. The Morgan fingerprint density at radius 3 is 2.56 bits per heavy atom. The van der Waals surface area contributed by atoms with Crippen molar-refractivity contribution in [2.45, 2.75) is 6.92 Å². The molecule has 0 saturated carbocycles. The van der Waals surface area contributed by atoms with Crippen LogP contribution < -0.4 is 20.4 Å². The maximum absolute atomic E-state index is 11.5. The zero-order valence-corrected chi connectivity index (χ0v) is 13.0. The number of rotatable bonds is 2. The molecule has 1 aliphatic rings. The number of aryl methyl sites for hydroxylation is 1. The minimum absolute atomic E-state index is 0.132. The van der Waals surface area contributed by atoms with Crippen LogP contribution in [0.5, 0.6) is 11.5 Å². The van der Waals surface area contributed by atoms with E-state index in [0.717, 1.165) is 0 Å². The van der Waals surface area contributed by atoms with Gasteiger partial charge in [0.25, 0.3) is 5.69 Å². The normalized spacial score (nSPS) is 18.5. The average molecular weight is 340 g/mol. The fourth-order valence-corrected chi connectivity index (χ4v) is 2.88. The van der Waals surface area contributed by atoms with Crippen LogP contribution in [0.2, 0.25) is 0 Å². The number of hydrogen-bond donors (Lipinski definition) is 1. The summed E-state index contributed by atoms with van der Waals surface area (Å²) in [5.74, 6) is 0.453. The molecular formula is C16H11BNO7-. The summed E-state index contributed by atoms with van der Waals surface area (Å²) in [6.45, 7) is -1.22. The maximum atomic E-state index is 11.5. The van der Waals surface area contributed by atoms with E-state index in [4.69, 9.17) is 13.7 Å². The predicted octanol–water partition coefficient (Wildman–Crippen LogP) is 1.62. The Labute approximate surface area is 140 Å². The van der Waals surface area contributed by atoms with Crippen molar-refractivity contribution in [3.63, 3.8) is 0 Å². The Bertz CT molecular complexity index is 1090. The molecule has 0 aliphatic carbocycles. The van der Waals surface area contributed by atoms with E-state index in [1.165, 1.54) is 36.4 Å². The number of fused-ring (bicyclic) bond motifs is 2. The Kier molecular flexibility index (Phi) is 3.09. The molecule has 0 saturated heterocycles. The van der Waals surface area contributed by atoms with Crippen molar-refractivity contribution in [3.8, 4) is 11.5 Å². The largest absolute Gasteiger partial charge is 0.654 e. The molecular weight excluding hydrogens is 329 g/mol. The summed E-state index contributed by atoms with van der Waals surface area (Å²) in [6.07, 6.45) is 0. The highest BCUT2D eigenvalue weighted by Crippen LogP contribution is 2.40. The first-order chi connectivity index (χ1) is 11.9. The smallest absolute Gasteiger partial charge is 0.521 e. The Morgan fingerprint density at radius 2 is 1.84 bits per heavy atom. The highest BCUT2D eigenvalue weighted by molar-refractivity contribution is 6.76. The first kappa shape index (κ1) is 15.2. The lowest BCUT2D eigenvalue weighted by Gasteiger charge is -2.29. The van der Waals surface area contributed by atoms with Gasteiger partial charge in [0.15, 0.2) is 0 Å². The van der Waals surface area contributed by atoms with Crippen LogP contribution in [0.25, 0.3) is 11.0 Å². The lowest BCUT2D eigenvalue weighted by molar-refractivity contribution is -0.384. The number of nitro benzene ring substituents is 1. The number of benzene rings is 2. The molecule has 9 heteroatoms. The topological polar surface area (TPSA) is 112 Å². The first-order valence-corrected chi connectivity index (χ1v) is 7.43. The molecule has 0 bridgehead atoms. The second-order valence-corrected chi connectivity index (χ2v) is 5.80. The summed E-state index contributed by atoms with van der Waals surface area (Å²) in [5, 5.41) is 22.3. The zero-order valence-electron chi connectivity index (χ0n) is 13.0. The quantitative estimate of drug-likeness (QED) is 0.326. The third-order valence-corrected chi connectivity index (χ3v) is 4.09. The summed E-state index contributed by atoms with van der Waals surface area (Å²) in [4.78, 5) is 21.9. The molecule has 4 rings (SSSR count). The molecule has 1 unspecified atom stereocenters. The standard InChI is InChI=1S/C16H11BNO7/c1-9-5-16(19)23-13-8-15-14(7-12(9)13)24-17(20,25-15)10-3-2-4-11(6-10)18(21)22/h2-8,20H,1H3/q-1. The van der Waals surface area contributed by atoms with Crippen LogP contribution >= 0.6 is 0 Å². The van der Waals surface area contributed by atoms with Crippen LogP contribution in [0, 0.1) is 17.0 Å². The summed E-state index contributed by atoms with van der Waals surface area (Å²) in [6, 6.07) is 9.81. The second-order valence-electron chi connectivity index (χ2n) is 5.80. The van der Waals surface area contributed by atoms with Crippen LogP contribution in [-0.4, -0.2) is 16.7 Å². The van der Waals surface area contributed by atoms with E-state index in [2.05, 4.69) is 0 Å². The molecule has 0 spiro atoms. The fraction of sp³-hybridized carbons (Fsp3) is 0.0625.